The maximum Gasteiger partial charge on any atom is 0.338 e. The Bertz CT molecular complexity index is 373. The number of carboxylic acid groups (broad SMARTS) is 1. The van der Waals surface area contributed by atoms with Gasteiger partial charge in [0.25, 0.3) is 0 Å². The number of carbonyl (C=O) groups is 2. The lowest BCUT2D eigenvalue weighted by molar-refractivity contribution is -0.118. The molecule has 0 bridgehead atoms. The van der Waals surface area contributed by atoms with E-state index in [4.69, 9.17) is 9.52 Å². The van der Waals surface area contributed by atoms with Gasteiger partial charge in [0.15, 0.2) is 0 Å². The van der Waals surface area contributed by atoms with Crippen LogP contribution < -0.4 is 10.6 Å². The van der Waals surface area contributed by atoms with Gasteiger partial charge in [-0.1, -0.05) is 0 Å². The van der Waals surface area contributed by atoms with Gasteiger partial charge in [-0.05, 0) is 6.07 Å². The van der Waals surface area contributed by atoms with Crippen LogP contribution in [0.15, 0.2) is 16.7 Å². The minimum Gasteiger partial charge on any atom is -0.478 e. The molecule has 1 heterocycles. The highest BCUT2D eigenvalue weighted by Gasteiger charge is 2.07. The third-order valence-corrected chi connectivity index (χ3v) is 1.88. The van der Waals surface area contributed by atoms with Crippen LogP contribution in [0.5, 0.6) is 0 Å². The molecule has 0 aromatic carbocycles. The predicted molar refractivity (Wildman–Crippen MR) is 56.1 cm³/mol. The topological polar surface area (TPSA) is 91.6 Å². The first-order valence-corrected chi connectivity index (χ1v) is 4.85. The lowest BCUT2D eigenvalue weighted by atomic mass is 10.3. The quantitative estimate of drug-likeness (QED) is 0.603. The molecule has 0 unspecified atom stereocenters. The molecule has 0 saturated heterocycles. The highest BCUT2D eigenvalue weighted by molar-refractivity contribution is 5.87. The van der Waals surface area contributed by atoms with Gasteiger partial charge in [-0.2, -0.15) is 0 Å². The van der Waals surface area contributed by atoms with Crippen LogP contribution >= 0.6 is 0 Å². The van der Waals surface area contributed by atoms with Crippen molar-refractivity contribution in [2.75, 3.05) is 13.1 Å². The van der Waals surface area contributed by atoms with E-state index < -0.39 is 5.97 Å². The average Bonchev–Trinajstić information content (AvgIpc) is 2.65. The largest absolute Gasteiger partial charge is 0.478 e. The summed E-state index contributed by atoms with van der Waals surface area (Å²) in [5, 5.41) is 14.3. The standard InChI is InChI=1S/C10H14N2O4/c1-7(13)12-3-2-11-5-9-4-8(6-16-9)10(14)15/h4,6,11H,2-3,5H2,1H3,(H,12,13)(H,14,15). The molecule has 0 saturated carbocycles. The number of hydrogen-bond donors (Lipinski definition) is 3. The average molecular weight is 226 g/mol. The fraction of sp³-hybridized carbons (Fsp3) is 0.400. The van der Waals surface area contributed by atoms with Crippen molar-refractivity contribution < 1.29 is 19.1 Å². The Hall–Kier alpha value is -1.82. The van der Waals surface area contributed by atoms with E-state index in [9.17, 15) is 9.59 Å². The molecule has 0 fully saturated rings. The molecule has 1 aromatic rings. The van der Waals surface area contributed by atoms with Gasteiger partial charge >= 0.3 is 5.97 Å². The van der Waals surface area contributed by atoms with Crippen LogP contribution in [0.25, 0.3) is 0 Å². The molecule has 1 rings (SSSR count). The van der Waals surface area contributed by atoms with Gasteiger partial charge in [-0.15, -0.1) is 0 Å². The fourth-order valence-corrected chi connectivity index (χ4v) is 1.12. The SMILES string of the molecule is CC(=O)NCCNCc1cc(C(=O)O)co1. The van der Waals surface area contributed by atoms with Crippen LogP contribution in [0, 0.1) is 0 Å². The second-order valence-electron chi connectivity index (χ2n) is 3.27. The first-order chi connectivity index (χ1) is 7.59. The number of nitrogens with one attached hydrogen (secondary N) is 2. The highest BCUT2D eigenvalue weighted by atomic mass is 16.4. The molecular weight excluding hydrogens is 212 g/mol. The molecule has 0 aliphatic carbocycles. The number of hydrogen-bond acceptors (Lipinski definition) is 4. The highest BCUT2D eigenvalue weighted by Crippen LogP contribution is 2.06. The smallest absolute Gasteiger partial charge is 0.338 e. The van der Waals surface area contributed by atoms with Crippen LogP contribution in [0.1, 0.15) is 23.0 Å². The molecule has 0 aliphatic heterocycles. The zero-order chi connectivity index (χ0) is 12.0. The fourth-order valence-electron chi connectivity index (χ4n) is 1.12. The first kappa shape index (κ1) is 12.3. The molecule has 1 aromatic heterocycles. The van der Waals surface area contributed by atoms with E-state index in [1.807, 2.05) is 0 Å². The number of rotatable bonds is 6. The summed E-state index contributed by atoms with van der Waals surface area (Å²) in [5.74, 6) is -0.526. The zero-order valence-corrected chi connectivity index (χ0v) is 8.95. The van der Waals surface area contributed by atoms with E-state index in [1.54, 1.807) is 0 Å². The lowest BCUT2D eigenvalue weighted by Gasteiger charge is -2.02. The number of amides is 1. The van der Waals surface area contributed by atoms with Crippen molar-refractivity contribution in [3.8, 4) is 0 Å². The molecule has 1 amide bonds. The first-order valence-electron chi connectivity index (χ1n) is 4.85. The monoisotopic (exact) mass is 226 g/mol. The Morgan fingerprint density at radius 3 is 2.75 bits per heavy atom. The molecule has 3 N–H and O–H groups in total. The van der Waals surface area contributed by atoms with Crippen LogP contribution in [0.4, 0.5) is 0 Å². The minimum absolute atomic E-state index is 0.0760. The van der Waals surface area contributed by atoms with E-state index >= 15 is 0 Å². The second-order valence-corrected chi connectivity index (χ2v) is 3.27. The van der Waals surface area contributed by atoms with E-state index in [0.29, 0.717) is 25.4 Å². The van der Waals surface area contributed by atoms with Crippen LogP contribution in [-0.4, -0.2) is 30.1 Å². The Morgan fingerprint density at radius 2 is 2.19 bits per heavy atom. The van der Waals surface area contributed by atoms with Crippen molar-refractivity contribution in [3.05, 3.63) is 23.7 Å². The summed E-state index contributed by atoms with van der Waals surface area (Å²) in [5.41, 5.74) is 0.138. The van der Waals surface area contributed by atoms with Crippen molar-refractivity contribution >= 4 is 11.9 Å². The van der Waals surface area contributed by atoms with Gasteiger partial charge in [-0.3, -0.25) is 4.79 Å². The third kappa shape index (κ3) is 4.14. The van der Waals surface area contributed by atoms with Crippen molar-refractivity contribution in [2.45, 2.75) is 13.5 Å². The van der Waals surface area contributed by atoms with Gasteiger partial charge in [0.1, 0.15) is 12.0 Å². The van der Waals surface area contributed by atoms with Crippen molar-refractivity contribution in [1.29, 1.82) is 0 Å². The van der Waals surface area contributed by atoms with E-state index in [0.717, 1.165) is 0 Å². The Balaban J connectivity index is 2.21. The predicted octanol–water partition coefficient (Wildman–Crippen LogP) is 0.203. The summed E-state index contributed by atoms with van der Waals surface area (Å²) >= 11 is 0. The van der Waals surface area contributed by atoms with Crippen molar-refractivity contribution in [3.63, 3.8) is 0 Å². The summed E-state index contributed by atoms with van der Waals surface area (Å²) < 4.78 is 5.02. The minimum atomic E-state index is -1.01. The number of furan rings is 1. The number of carbonyl (C=O) groups excluding carboxylic acids is 1. The molecule has 6 nitrogen and oxygen atoms in total. The van der Waals surface area contributed by atoms with E-state index in [-0.39, 0.29) is 11.5 Å². The van der Waals surface area contributed by atoms with Gasteiger partial charge in [0.05, 0.1) is 12.1 Å². The molecule has 0 atom stereocenters. The van der Waals surface area contributed by atoms with E-state index in [2.05, 4.69) is 10.6 Å². The molecule has 0 spiro atoms. The molecule has 0 radical (unpaired) electrons. The maximum absolute atomic E-state index is 10.5. The molecule has 6 heteroatoms. The maximum atomic E-state index is 10.5. The molecule has 16 heavy (non-hydrogen) atoms. The van der Waals surface area contributed by atoms with Crippen molar-refractivity contribution in [2.24, 2.45) is 0 Å². The van der Waals surface area contributed by atoms with Crippen molar-refractivity contribution in [1.82, 2.24) is 10.6 Å². The molecular formula is C10H14N2O4. The number of carboxylic acids is 1. The number of aromatic carboxylic acids is 1. The summed E-state index contributed by atoms with van der Waals surface area (Å²) in [4.78, 5) is 21.1. The van der Waals surface area contributed by atoms with Crippen LogP contribution in [0.2, 0.25) is 0 Å². The summed E-state index contributed by atoms with van der Waals surface area (Å²) in [6.45, 7) is 3.02. The van der Waals surface area contributed by atoms with Crippen LogP contribution in [0.3, 0.4) is 0 Å². The Labute approximate surface area is 92.6 Å². The molecule has 0 aliphatic rings. The summed E-state index contributed by atoms with van der Waals surface area (Å²) in [6.07, 6.45) is 1.20. The lowest BCUT2D eigenvalue weighted by Crippen LogP contribution is -2.29. The Kier molecular flexibility index (Phi) is 4.53. The van der Waals surface area contributed by atoms with Gasteiger partial charge in [-0.25, -0.2) is 4.79 Å². The van der Waals surface area contributed by atoms with Gasteiger partial charge < -0.3 is 20.2 Å². The summed E-state index contributed by atoms with van der Waals surface area (Å²) in [7, 11) is 0. The summed E-state index contributed by atoms with van der Waals surface area (Å²) in [6, 6.07) is 1.47. The van der Waals surface area contributed by atoms with Gasteiger partial charge in [0.2, 0.25) is 5.91 Å². The molecule has 88 valence electrons. The second kappa shape index (κ2) is 5.92. The van der Waals surface area contributed by atoms with E-state index in [1.165, 1.54) is 19.3 Å². The third-order valence-electron chi connectivity index (χ3n) is 1.88. The zero-order valence-electron chi connectivity index (χ0n) is 8.95. The van der Waals surface area contributed by atoms with Gasteiger partial charge in [0, 0.05) is 20.0 Å². The Morgan fingerprint density at radius 1 is 1.44 bits per heavy atom. The normalized spacial score (nSPS) is 10.1. The van der Waals surface area contributed by atoms with Crippen LogP contribution in [-0.2, 0) is 11.3 Å².